The molecule has 0 aliphatic heterocycles. The molecule has 0 saturated heterocycles. The predicted octanol–water partition coefficient (Wildman–Crippen LogP) is 6.49. The highest BCUT2D eigenvalue weighted by Gasteiger charge is 2.59. The molecular weight excluding hydrogens is 450 g/mol. The number of hydrogen-bond acceptors (Lipinski definition) is 3. The molecule has 0 bridgehead atoms. The number of aliphatic hydroxyl groups is 1. The molecule has 4 aliphatic rings. The second kappa shape index (κ2) is 10.4. The van der Waals surface area contributed by atoms with Crippen molar-refractivity contribution in [2.24, 2.45) is 40.4 Å². The number of carboxylic acid groups (broad SMARTS) is 1. The monoisotopic (exact) mass is 501 g/mol. The van der Waals surface area contributed by atoms with Gasteiger partial charge in [0, 0.05) is 18.9 Å². The lowest BCUT2D eigenvalue weighted by molar-refractivity contribution is -0.137. The van der Waals surface area contributed by atoms with E-state index in [1.165, 1.54) is 32.1 Å². The van der Waals surface area contributed by atoms with Crippen LogP contribution in [0.1, 0.15) is 118 Å². The number of aliphatic carboxylic acids is 1. The lowest BCUT2D eigenvalue weighted by Gasteiger charge is -2.58. The van der Waals surface area contributed by atoms with Gasteiger partial charge in [0.15, 0.2) is 0 Å². The highest BCUT2D eigenvalue weighted by molar-refractivity contribution is 5.77. The van der Waals surface area contributed by atoms with Gasteiger partial charge in [0.05, 0.1) is 5.60 Å². The van der Waals surface area contributed by atoms with Gasteiger partial charge in [-0.1, -0.05) is 32.4 Å². The van der Waals surface area contributed by atoms with Gasteiger partial charge in [-0.3, -0.25) is 9.59 Å². The third kappa shape index (κ3) is 5.56. The molecule has 0 heterocycles. The van der Waals surface area contributed by atoms with Crippen molar-refractivity contribution in [1.82, 2.24) is 5.32 Å². The summed E-state index contributed by atoms with van der Waals surface area (Å²) >= 11 is 0. The molecule has 0 spiro atoms. The standard InChI is InChI=1S/C31H51NO4/c1-20(13-16-29(2,3)36)24-11-12-25-23-10-9-21-19-22(32-27(33)7-6-8-28(34)35)14-17-30(21,4)26(23)15-18-31(24,25)5/h9,20,22-26,36H,6-8,10-19H2,1-5H3,(H,32,33)(H,34,35)/t20?,22-,23?,24+,25?,26?,30-,31+/m0/s1. The largest absolute Gasteiger partial charge is 0.481 e. The van der Waals surface area contributed by atoms with Gasteiger partial charge in [-0.15, -0.1) is 0 Å². The van der Waals surface area contributed by atoms with Crippen LogP contribution in [0.2, 0.25) is 0 Å². The Morgan fingerprint density at radius 2 is 1.86 bits per heavy atom. The summed E-state index contributed by atoms with van der Waals surface area (Å²) in [6.45, 7) is 11.4. The van der Waals surface area contributed by atoms with E-state index in [9.17, 15) is 14.7 Å². The number of fused-ring (bicyclic) bond motifs is 5. The van der Waals surface area contributed by atoms with Crippen LogP contribution in [0.5, 0.6) is 0 Å². The molecule has 4 unspecified atom stereocenters. The first-order chi connectivity index (χ1) is 16.8. The summed E-state index contributed by atoms with van der Waals surface area (Å²) < 4.78 is 0. The fourth-order valence-corrected chi connectivity index (χ4v) is 9.24. The predicted molar refractivity (Wildman–Crippen MR) is 143 cm³/mol. The average molecular weight is 502 g/mol. The maximum Gasteiger partial charge on any atom is 0.303 e. The molecule has 3 fully saturated rings. The second-order valence-corrected chi connectivity index (χ2v) is 14.1. The first kappa shape index (κ1) is 27.7. The van der Waals surface area contributed by atoms with Crippen molar-refractivity contribution in [3.05, 3.63) is 11.6 Å². The Balaban J connectivity index is 1.39. The van der Waals surface area contributed by atoms with Crippen LogP contribution < -0.4 is 5.32 Å². The molecule has 0 aromatic heterocycles. The van der Waals surface area contributed by atoms with Crippen LogP contribution in [0.25, 0.3) is 0 Å². The molecule has 3 N–H and O–H groups in total. The summed E-state index contributed by atoms with van der Waals surface area (Å²) in [5.74, 6) is 2.97. The zero-order valence-electron chi connectivity index (χ0n) is 23.4. The van der Waals surface area contributed by atoms with E-state index in [0.29, 0.717) is 24.2 Å². The van der Waals surface area contributed by atoms with Crippen LogP contribution in [0.15, 0.2) is 11.6 Å². The number of carbonyl (C=O) groups is 2. The molecule has 0 radical (unpaired) electrons. The van der Waals surface area contributed by atoms with Crippen LogP contribution in [0.3, 0.4) is 0 Å². The summed E-state index contributed by atoms with van der Waals surface area (Å²) in [6.07, 6.45) is 15.0. The third-order valence-electron chi connectivity index (χ3n) is 11.2. The molecule has 0 aromatic rings. The lowest BCUT2D eigenvalue weighted by Crippen LogP contribution is -2.52. The van der Waals surface area contributed by atoms with E-state index in [2.05, 4.69) is 32.2 Å². The van der Waals surface area contributed by atoms with Gasteiger partial charge < -0.3 is 15.5 Å². The zero-order chi connectivity index (χ0) is 26.3. The summed E-state index contributed by atoms with van der Waals surface area (Å²) in [6, 6.07) is 0.194. The molecule has 1 amide bonds. The van der Waals surface area contributed by atoms with Gasteiger partial charge in [-0.2, -0.15) is 0 Å². The molecule has 3 saturated carbocycles. The summed E-state index contributed by atoms with van der Waals surface area (Å²) in [5, 5.41) is 22.3. The molecule has 5 nitrogen and oxygen atoms in total. The van der Waals surface area contributed by atoms with Crippen molar-refractivity contribution >= 4 is 11.9 Å². The van der Waals surface area contributed by atoms with Crippen LogP contribution in [-0.4, -0.2) is 33.7 Å². The summed E-state index contributed by atoms with van der Waals surface area (Å²) in [7, 11) is 0. The lowest BCUT2D eigenvalue weighted by atomic mass is 9.47. The number of hydrogen-bond donors (Lipinski definition) is 3. The Bertz CT molecular complexity index is 859. The topological polar surface area (TPSA) is 86.6 Å². The first-order valence-electron chi connectivity index (χ1n) is 14.8. The Labute approximate surface area is 218 Å². The SMILES string of the molecule is CC(CCC(C)(C)O)[C@H]1CCC2C3CC=C4C[C@@H](NC(=O)CCCC(=O)O)CC[C@]4(C)C3CC[C@@]21C. The fraction of sp³-hybridized carbons (Fsp3) is 0.871. The Morgan fingerprint density at radius 1 is 1.11 bits per heavy atom. The van der Waals surface area contributed by atoms with Crippen molar-refractivity contribution in [2.75, 3.05) is 0 Å². The Morgan fingerprint density at radius 3 is 2.56 bits per heavy atom. The van der Waals surface area contributed by atoms with Gasteiger partial charge in [0.2, 0.25) is 5.91 Å². The van der Waals surface area contributed by atoms with Crippen LogP contribution in [0, 0.1) is 40.4 Å². The highest BCUT2D eigenvalue weighted by Crippen LogP contribution is 2.67. The van der Waals surface area contributed by atoms with E-state index < -0.39 is 11.6 Å². The summed E-state index contributed by atoms with van der Waals surface area (Å²) in [4.78, 5) is 23.1. The number of amides is 1. The molecule has 5 heteroatoms. The molecule has 4 aliphatic carbocycles. The zero-order valence-corrected chi connectivity index (χ0v) is 23.4. The van der Waals surface area contributed by atoms with Gasteiger partial charge >= 0.3 is 5.97 Å². The van der Waals surface area contributed by atoms with E-state index >= 15 is 0 Å². The van der Waals surface area contributed by atoms with Gasteiger partial charge in [-0.05, 0) is 125 Å². The Hall–Kier alpha value is -1.36. The van der Waals surface area contributed by atoms with Gasteiger partial charge in [0.25, 0.3) is 0 Å². The van der Waals surface area contributed by atoms with Crippen molar-refractivity contribution in [2.45, 2.75) is 130 Å². The minimum absolute atomic E-state index is 0.00303. The number of rotatable bonds is 9. The quantitative estimate of drug-likeness (QED) is 0.315. The molecule has 4 rings (SSSR count). The van der Waals surface area contributed by atoms with Crippen molar-refractivity contribution in [3.63, 3.8) is 0 Å². The van der Waals surface area contributed by atoms with Gasteiger partial charge in [-0.25, -0.2) is 0 Å². The van der Waals surface area contributed by atoms with Gasteiger partial charge in [0.1, 0.15) is 0 Å². The van der Waals surface area contributed by atoms with E-state index in [1.807, 2.05) is 13.8 Å². The number of carbonyl (C=O) groups excluding carboxylic acids is 1. The maximum atomic E-state index is 12.4. The minimum Gasteiger partial charge on any atom is -0.481 e. The molecule has 0 aromatic carbocycles. The van der Waals surface area contributed by atoms with Crippen LogP contribution in [0.4, 0.5) is 0 Å². The van der Waals surface area contributed by atoms with E-state index in [1.54, 1.807) is 5.57 Å². The second-order valence-electron chi connectivity index (χ2n) is 14.1. The molecule has 204 valence electrons. The highest BCUT2D eigenvalue weighted by atomic mass is 16.4. The van der Waals surface area contributed by atoms with E-state index in [-0.39, 0.29) is 23.8 Å². The summed E-state index contributed by atoms with van der Waals surface area (Å²) in [5.41, 5.74) is 1.70. The third-order valence-corrected chi connectivity index (χ3v) is 11.2. The smallest absolute Gasteiger partial charge is 0.303 e. The normalized spacial score (nSPS) is 38.8. The van der Waals surface area contributed by atoms with Crippen molar-refractivity contribution < 1.29 is 19.8 Å². The van der Waals surface area contributed by atoms with Crippen LogP contribution >= 0.6 is 0 Å². The Kier molecular flexibility index (Phi) is 8.01. The van der Waals surface area contributed by atoms with E-state index in [0.717, 1.165) is 55.8 Å². The first-order valence-corrected chi connectivity index (χ1v) is 14.8. The van der Waals surface area contributed by atoms with Crippen molar-refractivity contribution in [3.8, 4) is 0 Å². The number of nitrogens with one attached hydrogen (secondary N) is 1. The fourth-order valence-electron chi connectivity index (χ4n) is 9.24. The van der Waals surface area contributed by atoms with Crippen molar-refractivity contribution in [1.29, 1.82) is 0 Å². The molecule has 36 heavy (non-hydrogen) atoms. The maximum absolute atomic E-state index is 12.4. The minimum atomic E-state index is -0.834. The number of allylic oxidation sites excluding steroid dienone is 1. The molecule has 8 atom stereocenters. The average Bonchev–Trinajstić information content (AvgIpc) is 3.14. The van der Waals surface area contributed by atoms with E-state index in [4.69, 9.17) is 5.11 Å². The number of carboxylic acids is 1. The molecular formula is C31H51NO4. The van der Waals surface area contributed by atoms with Crippen LogP contribution in [-0.2, 0) is 9.59 Å².